The highest BCUT2D eigenvalue weighted by Gasteiger charge is 2.28. The Balaban J connectivity index is 2.68. The first-order valence-electron chi connectivity index (χ1n) is 4.61. The van der Waals surface area contributed by atoms with Gasteiger partial charge in [-0.2, -0.15) is 24.9 Å². The monoisotopic (exact) mass is 251 g/mol. The second-order valence-corrected chi connectivity index (χ2v) is 4.36. The molecule has 0 aliphatic heterocycles. The minimum absolute atomic E-state index is 0.00993. The Hall–Kier alpha value is -0.910. The molecule has 0 spiro atoms. The number of thioether (sulfide) groups is 1. The number of halogens is 3. The Kier molecular flexibility index (Phi) is 4.46. The molecule has 0 N–H and O–H groups in total. The highest BCUT2D eigenvalue weighted by molar-refractivity contribution is 7.98. The zero-order valence-corrected chi connectivity index (χ0v) is 9.73. The molecule has 0 amide bonds. The first-order valence-corrected chi connectivity index (χ1v) is 5.90. The Bertz CT molecular complexity index is 343. The van der Waals surface area contributed by atoms with Crippen LogP contribution in [0.25, 0.3) is 0 Å². The van der Waals surface area contributed by atoms with Gasteiger partial charge in [-0.3, -0.25) is 0 Å². The number of hydrogen-bond donors (Lipinski definition) is 0. The van der Waals surface area contributed by atoms with E-state index in [0.717, 1.165) is 0 Å². The van der Waals surface area contributed by atoms with Crippen LogP contribution in [0.5, 0.6) is 5.88 Å². The quantitative estimate of drug-likeness (QED) is 0.818. The van der Waals surface area contributed by atoms with Gasteiger partial charge in [0.25, 0.3) is 0 Å². The largest absolute Gasteiger partial charge is 0.468 e. The molecule has 1 heterocycles. The summed E-state index contributed by atoms with van der Waals surface area (Å²) in [6, 6.07) is 4.82. The third-order valence-electron chi connectivity index (χ3n) is 1.90. The standard InChI is InChI=1S/C10H12F3NOS/c1-7(16-2)8-4-3-5-9(14-8)15-6-10(11,12)13/h3-5,7H,6H2,1-2H3. The second-order valence-electron chi connectivity index (χ2n) is 3.18. The van der Waals surface area contributed by atoms with E-state index in [9.17, 15) is 13.2 Å². The van der Waals surface area contributed by atoms with Gasteiger partial charge in [0.15, 0.2) is 6.61 Å². The third-order valence-corrected chi connectivity index (χ3v) is 2.85. The molecule has 16 heavy (non-hydrogen) atoms. The summed E-state index contributed by atoms with van der Waals surface area (Å²) in [4.78, 5) is 4.00. The van der Waals surface area contributed by atoms with Crippen molar-refractivity contribution in [2.75, 3.05) is 12.9 Å². The molecule has 1 rings (SSSR count). The van der Waals surface area contributed by atoms with Crippen LogP contribution in [0.3, 0.4) is 0 Å². The number of rotatable bonds is 4. The summed E-state index contributed by atoms with van der Waals surface area (Å²) in [5.41, 5.74) is 0.715. The molecule has 0 bridgehead atoms. The molecular weight excluding hydrogens is 239 g/mol. The second kappa shape index (κ2) is 5.43. The fraction of sp³-hybridized carbons (Fsp3) is 0.500. The van der Waals surface area contributed by atoms with Gasteiger partial charge in [-0.1, -0.05) is 6.07 Å². The van der Waals surface area contributed by atoms with E-state index in [4.69, 9.17) is 0 Å². The Labute approximate surface area is 96.2 Å². The number of hydrogen-bond acceptors (Lipinski definition) is 3. The van der Waals surface area contributed by atoms with Crippen molar-refractivity contribution in [1.29, 1.82) is 0 Å². The minimum Gasteiger partial charge on any atom is -0.468 e. The number of nitrogens with zero attached hydrogens (tertiary/aromatic N) is 1. The van der Waals surface area contributed by atoms with Gasteiger partial charge in [-0.05, 0) is 19.2 Å². The number of ether oxygens (including phenoxy) is 1. The van der Waals surface area contributed by atoms with Crippen molar-refractivity contribution in [3.05, 3.63) is 23.9 Å². The molecule has 0 fully saturated rings. The molecule has 6 heteroatoms. The van der Waals surface area contributed by atoms with Crippen LogP contribution in [0.15, 0.2) is 18.2 Å². The Morgan fingerprint density at radius 2 is 2.12 bits per heavy atom. The van der Waals surface area contributed by atoms with Crippen molar-refractivity contribution in [3.8, 4) is 5.88 Å². The van der Waals surface area contributed by atoms with E-state index in [-0.39, 0.29) is 11.1 Å². The lowest BCUT2D eigenvalue weighted by molar-refractivity contribution is -0.154. The molecule has 2 nitrogen and oxygen atoms in total. The van der Waals surface area contributed by atoms with Crippen LogP contribution in [0.4, 0.5) is 13.2 Å². The average Bonchev–Trinajstić information content (AvgIpc) is 2.25. The highest BCUT2D eigenvalue weighted by Crippen LogP contribution is 2.25. The summed E-state index contributed by atoms with van der Waals surface area (Å²) in [6.45, 7) is 0.623. The van der Waals surface area contributed by atoms with Crippen LogP contribution < -0.4 is 4.74 Å². The van der Waals surface area contributed by atoms with E-state index in [1.165, 1.54) is 6.07 Å². The fourth-order valence-electron chi connectivity index (χ4n) is 1.01. The van der Waals surface area contributed by atoms with E-state index < -0.39 is 12.8 Å². The number of alkyl halides is 3. The first kappa shape index (κ1) is 13.2. The zero-order chi connectivity index (χ0) is 12.2. The normalized spacial score (nSPS) is 13.6. The van der Waals surface area contributed by atoms with E-state index >= 15 is 0 Å². The minimum atomic E-state index is -4.33. The molecule has 0 radical (unpaired) electrons. The van der Waals surface area contributed by atoms with Crippen molar-refractivity contribution in [2.24, 2.45) is 0 Å². The fourth-order valence-corrected chi connectivity index (χ4v) is 1.39. The third kappa shape index (κ3) is 4.30. The summed E-state index contributed by atoms with van der Waals surface area (Å²) in [5.74, 6) is 0.00993. The number of pyridine rings is 1. The summed E-state index contributed by atoms with van der Waals surface area (Å²) >= 11 is 1.57. The average molecular weight is 251 g/mol. The zero-order valence-electron chi connectivity index (χ0n) is 8.91. The maximum absolute atomic E-state index is 11.9. The maximum atomic E-state index is 11.9. The summed E-state index contributed by atoms with van der Waals surface area (Å²) in [7, 11) is 0. The van der Waals surface area contributed by atoms with Crippen LogP contribution in [0, 0.1) is 0 Å². The molecule has 0 aromatic carbocycles. The van der Waals surface area contributed by atoms with Crippen molar-refractivity contribution in [2.45, 2.75) is 18.3 Å². The van der Waals surface area contributed by atoms with Crippen molar-refractivity contribution in [1.82, 2.24) is 4.98 Å². The van der Waals surface area contributed by atoms with Gasteiger partial charge in [0, 0.05) is 11.3 Å². The predicted molar refractivity (Wildman–Crippen MR) is 57.7 cm³/mol. The van der Waals surface area contributed by atoms with Gasteiger partial charge in [-0.25, -0.2) is 4.98 Å². The van der Waals surface area contributed by atoms with Gasteiger partial charge >= 0.3 is 6.18 Å². The SMILES string of the molecule is CSC(C)c1cccc(OCC(F)(F)F)n1. The van der Waals surface area contributed by atoms with Gasteiger partial charge in [0.2, 0.25) is 5.88 Å². The predicted octanol–water partition coefficient (Wildman–Crippen LogP) is 3.45. The van der Waals surface area contributed by atoms with Gasteiger partial charge in [0.05, 0.1) is 5.69 Å². The maximum Gasteiger partial charge on any atom is 0.422 e. The van der Waals surface area contributed by atoms with Gasteiger partial charge in [-0.15, -0.1) is 0 Å². The molecule has 0 aliphatic carbocycles. The molecule has 1 atom stereocenters. The lowest BCUT2D eigenvalue weighted by Crippen LogP contribution is -2.19. The summed E-state index contributed by atoms with van der Waals surface area (Å²) in [5, 5.41) is 0.134. The molecule has 0 saturated heterocycles. The summed E-state index contributed by atoms with van der Waals surface area (Å²) < 4.78 is 40.3. The van der Waals surface area contributed by atoms with E-state index in [0.29, 0.717) is 5.69 Å². The molecule has 0 saturated carbocycles. The van der Waals surface area contributed by atoms with E-state index in [1.807, 2.05) is 13.2 Å². The van der Waals surface area contributed by atoms with Crippen molar-refractivity contribution < 1.29 is 17.9 Å². The molecule has 1 unspecified atom stereocenters. The van der Waals surface area contributed by atoms with E-state index in [1.54, 1.807) is 23.9 Å². The highest BCUT2D eigenvalue weighted by atomic mass is 32.2. The van der Waals surface area contributed by atoms with Crippen LogP contribution in [-0.4, -0.2) is 24.0 Å². The van der Waals surface area contributed by atoms with E-state index in [2.05, 4.69) is 9.72 Å². The number of aromatic nitrogens is 1. The lowest BCUT2D eigenvalue weighted by Gasteiger charge is -2.11. The molecule has 1 aromatic rings. The summed E-state index contributed by atoms with van der Waals surface area (Å²) in [6.07, 6.45) is -2.42. The van der Waals surface area contributed by atoms with Crippen molar-refractivity contribution >= 4 is 11.8 Å². The van der Waals surface area contributed by atoms with Crippen LogP contribution in [-0.2, 0) is 0 Å². The van der Waals surface area contributed by atoms with Crippen LogP contribution >= 0.6 is 11.8 Å². The molecule has 0 aliphatic rings. The Morgan fingerprint density at radius 3 is 2.69 bits per heavy atom. The topological polar surface area (TPSA) is 22.1 Å². The molecular formula is C10H12F3NOS. The van der Waals surface area contributed by atoms with Gasteiger partial charge < -0.3 is 4.74 Å². The van der Waals surface area contributed by atoms with Crippen molar-refractivity contribution in [3.63, 3.8) is 0 Å². The van der Waals surface area contributed by atoms with Crippen LogP contribution in [0.2, 0.25) is 0 Å². The molecule has 1 aromatic heterocycles. The lowest BCUT2D eigenvalue weighted by atomic mass is 10.3. The Morgan fingerprint density at radius 1 is 1.44 bits per heavy atom. The van der Waals surface area contributed by atoms with Crippen LogP contribution in [0.1, 0.15) is 17.9 Å². The molecule has 90 valence electrons. The first-order chi connectivity index (χ1) is 7.42. The van der Waals surface area contributed by atoms with Gasteiger partial charge in [0.1, 0.15) is 0 Å². The smallest absolute Gasteiger partial charge is 0.422 e.